The van der Waals surface area contributed by atoms with E-state index in [4.69, 9.17) is 13.9 Å². The van der Waals surface area contributed by atoms with Crippen molar-refractivity contribution in [2.24, 2.45) is 0 Å². The lowest BCUT2D eigenvalue weighted by Crippen LogP contribution is -2.21. The summed E-state index contributed by atoms with van der Waals surface area (Å²) >= 11 is 0. The van der Waals surface area contributed by atoms with Crippen molar-refractivity contribution in [2.75, 3.05) is 13.4 Å². The average molecular weight is 208 g/mol. The molecule has 0 saturated carbocycles. The monoisotopic (exact) mass is 208 g/mol. The number of ether oxygens (including phenoxy) is 2. The Kier molecular flexibility index (Phi) is 1.81. The van der Waals surface area contributed by atoms with Crippen LogP contribution in [0.2, 0.25) is 0 Å². The van der Waals surface area contributed by atoms with Gasteiger partial charge in [-0.15, -0.1) is 0 Å². The summed E-state index contributed by atoms with van der Waals surface area (Å²) in [6, 6.07) is 9.01. The van der Waals surface area contributed by atoms with Crippen molar-refractivity contribution in [3.63, 3.8) is 0 Å². The van der Waals surface area contributed by atoms with E-state index in [0.29, 0.717) is 5.58 Å². The number of hydrogen-bond donors (Lipinski definition) is 0. The molecule has 1 aromatic carbocycles. The molecule has 0 spiro atoms. The van der Waals surface area contributed by atoms with Crippen molar-refractivity contribution in [3.05, 3.63) is 36.1 Å². The molecule has 3 rings (SSSR count). The molecule has 0 amide bonds. The van der Waals surface area contributed by atoms with Gasteiger partial charge in [-0.2, -0.15) is 0 Å². The zero-order valence-corrected chi connectivity index (χ0v) is 7.90. The molecule has 1 aliphatic heterocycles. The molecule has 0 aliphatic carbocycles. The summed E-state index contributed by atoms with van der Waals surface area (Å²) in [5.74, 6) is -1.76. The number of para-hydroxylation sites is 1. The van der Waals surface area contributed by atoms with Crippen LogP contribution in [0.25, 0.3) is 11.0 Å². The predicted molar refractivity (Wildman–Crippen MR) is 50.9 cm³/mol. The highest BCUT2D eigenvalue weighted by Gasteiger charge is 2.41. The van der Waals surface area contributed by atoms with E-state index in [-0.39, 0.29) is 19.2 Å². The van der Waals surface area contributed by atoms with Crippen molar-refractivity contribution in [1.29, 1.82) is 0 Å². The summed E-state index contributed by atoms with van der Waals surface area (Å²) in [7, 11) is 0. The second-order valence-electron chi connectivity index (χ2n) is 3.49. The van der Waals surface area contributed by atoms with E-state index in [0.717, 1.165) is 5.39 Å². The van der Waals surface area contributed by atoms with Crippen LogP contribution in [-0.4, -0.2) is 13.4 Å². The van der Waals surface area contributed by atoms with Gasteiger partial charge in [-0.3, -0.25) is 0 Å². The van der Waals surface area contributed by atoms with Gasteiger partial charge in [0.2, 0.25) is 0 Å². The first kappa shape index (κ1) is 8.88. The highest BCUT2D eigenvalue weighted by atomic mass is 19.2. The molecular formula is C11H9FO3. The summed E-state index contributed by atoms with van der Waals surface area (Å²) in [6.45, 7) is -0.152. The third-order valence-electron chi connectivity index (χ3n) is 2.45. The predicted octanol–water partition coefficient (Wildman–Crippen LogP) is 2.56. The molecule has 1 fully saturated rings. The summed E-state index contributed by atoms with van der Waals surface area (Å²) in [5, 5.41) is 0.861. The van der Waals surface area contributed by atoms with Crippen LogP contribution in [-0.2, 0) is 15.3 Å². The van der Waals surface area contributed by atoms with Crippen molar-refractivity contribution in [2.45, 2.75) is 5.85 Å². The van der Waals surface area contributed by atoms with Crippen LogP contribution in [0.3, 0.4) is 0 Å². The topological polar surface area (TPSA) is 31.6 Å². The van der Waals surface area contributed by atoms with Crippen LogP contribution in [0, 0.1) is 0 Å². The van der Waals surface area contributed by atoms with Crippen molar-refractivity contribution in [3.8, 4) is 0 Å². The lowest BCUT2D eigenvalue weighted by atomic mass is 10.2. The summed E-state index contributed by atoms with van der Waals surface area (Å²) in [6.07, 6.45) is 0. The smallest absolute Gasteiger partial charge is 0.293 e. The first-order valence-corrected chi connectivity index (χ1v) is 4.68. The maximum atomic E-state index is 14.0. The third-order valence-corrected chi connectivity index (χ3v) is 2.45. The van der Waals surface area contributed by atoms with Gasteiger partial charge in [-0.05, 0) is 12.1 Å². The Morgan fingerprint density at radius 3 is 2.87 bits per heavy atom. The maximum Gasteiger partial charge on any atom is 0.293 e. The van der Waals surface area contributed by atoms with Crippen LogP contribution >= 0.6 is 0 Å². The first-order valence-electron chi connectivity index (χ1n) is 4.68. The lowest BCUT2D eigenvalue weighted by Gasteiger charge is -2.12. The van der Waals surface area contributed by atoms with Crippen molar-refractivity contribution in [1.82, 2.24) is 0 Å². The second-order valence-corrected chi connectivity index (χ2v) is 3.49. The molecule has 2 heterocycles. The van der Waals surface area contributed by atoms with E-state index in [1.165, 1.54) is 0 Å². The molecule has 78 valence electrons. The van der Waals surface area contributed by atoms with Gasteiger partial charge in [0.05, 0.1) is 0 Å². The van der Waals surface area contributed by atoms with Crippen LogP contribution < -0.4 is 0 Å². The molecule has 4 heteroatoms. The number of benzene rings is 1. The van der Waals surface area contributed by atoms with Gasteiger partial charge in [-0.25, -0.2) is 4.39 Å². The molecular weight excluding hydrogens is 199 g/mol. The SMILES string of the molecule is FC1(c2cc3ccccc3o2)COCO1. The molecule has 0 radical (unpaired) electrons. The highest BCUT2D eigenvalue weighted by molar-refractivity contribution is 5.77. The second kappa shape index (κ2) is 3.05. The van der Waals surface area contributed by atoms with Crippen LogP contribution in [0.5, 0.6) is 0 Å². The minimum absolute atomic E-state index is 0.0342. The quantitative estimate of drug-likeness (QED) is 0.721. The van der Waals surface area contributed by atoms with Gasteiger partial charge in [0.15, 0.2) is 12.6 Å². The Hall–Kier alpha value is -1.39. The standard InChI is InChI=1S/C11H9FO3/c12-11(6-13-7-14-11)10-5-8-3-1-2-4-9(8)15-10/h1-5H,6-7H2. The number of alkyl halides is 1. The Balaban J connectivity index is 2.11. The first-order chi connectivity index (χ1) is 7.28. The molecule has 1 aliphatic rings. The van der Waals surface area contributed by atoms with E-state index in [1.54, 1.807) is 12.1 Å². The molecule has 1 aromatic heterocycles. The van der Waals surface area contributed by atoms with Crippen molar-refractivity contribution < 1.29 is 18.3 Å². The van der Waals surface area contributed by atoms with Crippen LogP contribution in [0.4, 0.5) is 4.39 Å². The number of hydrogen-bond acceptors (Lipinski definition) is 3. The van der Waals surface area contributed by atoms with E-state index in [9.17, 15) is 4.39 Å². The van der Waals surface area contributed by atoms with E-state index < -0.39 is 5.85 Å². The van der Waals surface area contributed by atoms with Crippen LogP contribution in [0.1, 0.15) is 5.76 Å². The van der Waals surface area contributed by atoms with E-state index in [2.05, 4.69) is 0 Å². The van der Waals surface area contributed by atoms with Gasteiger partial charge in [0.1, 0.15) is 12.2 Å². The number of fused-ring (bicyclic) bond motifs is 1. The van der Waals surface area contributed by atoms with Gasteiger partial charge < -0.3 is 13.9 Å². The summed E-state index contributed by atoms with van der Waals surface area (Å²) in [5.41, 5.74) is 0.653. The van der Waals surface area contributed by atoms with E-state index >= 15 is 0 Å². The minimum atomic E-state index is -1.93. The zero-order chi connectivity index (χ0) is 10.3. The average Bonchev–Trinajstić information content (AvgIpc) is 2.84. The zero-order valence-electron chi connectivity index (χ0n) is 7.90. The number of halogens is 1. The fraction of sp³-hybridized carbons (Fsp3) is 0.273. The third kappa shape index (κ3) is 1.33. The summed E-state index contributed by atoms with van der Waals surface area (Å²) < 4.78 is 29.1. The maximum absolute atomic E-state index is 14.0. The largest absolute Gasteiger partial charge is 0.455 e. The molecule has 15 heavy (non-hydrogen) atoms. The van der Waals surface area contributed by atoms with Gasteiger partial charge in [0, 0.05) is 5.39 Å². The highest BCUT2D eigenvalue weighted by Crippen LogP contribution is 2.35. The Bertz CT molecular complexity index is 452. The fourth-order valence-electron chi connectivity index (χ4n) is 1.66. The molecule has 3 nitrogen and oxygen atoms in total. The fourth-order valence-corrected chi connectivity index (χ4v) is 1.66. The molecule has 1 saturated heterocycles. The lowest BCUT2D eigenvalue weighted by molar-refractivity contribution is -0.119. The molecule has 2 aromatic rings. The molecule has 1 unspecified atom stereocenters. The molecule has 0 bridgehead atoms. The van der Waals surface area contributed by atoms with Gasteiger partial charge in [-0.1, -0.05) is 18.2 Å². The van der Waals surface area contributed by atoms with Crippen molar-refractivity contribution >= 4 is 11.0 Å². The normalized spacial score (nSPS) is 26.2. The number of furan rings is 1. The van der Waals surface area contributed by atoms with Gasteiger partial charge in [0.25, 0.3) is 5.85 Å². The number of rotatable bonds is 1. The van der Waals surface area contributed by atoms with Gasteiger partial charge >= 0.3 is 0 Å². The minimum Gasteiger partial charge on any atom is -0.455 e. The summed E-state index contributed by atoms with van der Waals surface area (Å²) in [4.78, 5) is 0. The Labute approximate surface area is 85.4 Å². The van der Waals surface area contributed by atoms with Crippen LogP contribution in [0.15, 0.2) is 34.7 Å². The van der Waals surface area contributed by atoms with E-state index in [1.807, 2.05) is 18.2 Å². The molecule has 0 N–H and O–H groups in total. The molecule has 1 atom stereocenters. The Morgan fingerprint density at radius 1 is 1.27 bits per heavy atom. The Morgan fingerprint density at radius 2 is 2.13 bits per heavy atom.